The van der Waals surface area contributed by atoms with Crippen LogP contribution in [0.5, 0.6) is 0 Å². The average Bonchev–Trinajstić information content (AvgIpc) is 2.56. The van der Waals surface area contributed by atoms with Gasteiger partial charge in [0.2, 0.25) is 0 Å². The van der Waals surface area contributed by atoms with Crippen LogP contribution in [-0.4, -0.2) is 15.7 Å². The van der Waals surface area contributed by atoms with Crippen molar-refractivity contribution in [3.05, 3.63) is 21.3 Å². The number of thioether (sulfide) groups is 1. The number of fused-ring (bicyclic) bond motifs is 1. The first-order chi connectivity index (χ1) is 7.20. The smallest absolute Gasteiger partial charge is 0.260 e. The van der Waals surface area contributed by atoms with Crippen LogP contribution < -0.4 is 5.56 Å². The summed E-state index contributed by atoms with van der Waals surface area (Å²) in [7, 11) is 0. The Labute approximate surface area is 94.0 Å². The van der Waals surface area contributed by atoms with Crippen LogP contribution in [-0.2, 0) is 0 Å². The Morgan fingerprint density at radius 2 is 2.53 bits per heavy atom. The first-order valence-corrected chi connectivity index (χ1v) is 6.01. The molecule has 2 heterocycles. The average molecular weight is 237 g/mol. The van der Waals surface area contributed by atoms with E-state index in [9.17, 15) is 4.79 Å². The van der Waals surface area contributed by atoms with Gasteiger partial charge in [-0.15, -0.1) is 11.3 Å². The molecule has 1 N–H and O–H groups in total. The summed E-state index contributed by atoms with van der Waals surface area (Å²) in [5.74, 6) is 0.290. The van der Waals surface area contributed by atoms with E-state index in [1.807, 2.05) is 19.1 Å². The molecule has 0 spiro atoms. The van der Waals surface area contributed by atoms with Gasteiger partial charge in [-0.1, -0.05) is 11.8 Å². The van der Waals surface area contributed by atoms with Crippen LogP contribution in [0, 0.1) is 18.3 Å². The van der Waals surface area contributed by atoms with Gasteiger partial charge in [-0.3, -0.25) is 4.79 Å². The minimum Gasteiger partial charge on any atom is -0.301 e. The molecule has 15 heavy (non-hydrogen) atoms. The van der Waals surface area contributed by atoms with E-state index in [1.165, 1.54) is 23.1 Å². The Kier molecular flexibility index (Phi) is 2.75. The largest absolute Gasteiger partial charge is 0.301 e. The Morgan fingerprint density at radius 3 is 3.27 bits per heavy atom. The molecule has 2 aromatic heterocycles. The number of rotatable bonds is 2. The lowest BCUT2D eigenvalue weighted by molar-refractivity contribution is 0.982. The third-order valence-corrected chi connectivity index (χ3v) is 3.46. The third-order valence-electron chi connectivity index (χ3n) is 1.78. The maximum absolute atomic E-state index is 11.6. The molecule has 0 aliphatic rings. The molecule has 0 atom stereocenters. The fourth-order valence-corrected chi connectivity index (χ4v) is 2.66. The van der Waals surface area contributed by atoms with Gasteiger partial charge in [0, 0.05) is 4.88 Å². The van der Waals surface area contributed by atoms with Crippen LogP contribution in [0.3, 0.4) is 0 Å². The van der Waals surface area contributed by atoms with Gasteiger partial charge in [-0.2, -0.15) is 5.26 Å². The summed E-state index contributed by atoms with van der Waals surface area (Å²) in [5, 5.41) is 9.56. The monoisotopic (exact) mass is 237 g/mol. The van der Waals surface area contributed by atoms with Gasteiger partial charge < -0.3 is 4.98 Å². The van der Waals surface area contributed by atoms with Gasteiger partial charge in [0.15, 0.2) is 5.16 Å². The molecule has 0 unspecified atom stereocenters. The number of thiophene rings is 1. The number of nitrogens with one attached hydrogen (secondary N) is 1. The van der Waals surface area contributed by atoms with Crippen molar-refractivity contribution in [3.8, 4) is 6.07 Å². The van der Waals surface area contributed by atoms with Crippen LogP contribution in [0.15, 0.2) is 16.0 Å². The highest BCUT2D eigenvalue weighted by Crippen LogP contribution is 2.22. The van der Waals surface area contributed by atoms with Crippen molar-refractivity contribution in [2.24, 2.45) is 0 Å². The summed E-state index contributed by atoms with van der Waals surface area (Å²) in [6.07, 6.45) is 0. The number of aryl methyl sites for hydroxylation is 1. The van der Waals surface area contributed by atoms with Gasteiger partial charge in [0.05, 0.1) is 17.2 Å². The van der Waals surface area contributed by atoms with Gasteiger partial charge >= 0.3 is 0 Å². The predicted octanol–water partition coefficient (Wildman–Crippen LogP) is 1.91. The summed E-state index contributed by atoms with van der Waals surface area (Å²) in [6.45, 7) is 1.94. The number of nitriles is 1. The molecule has 4 nitrogen and oxygen atoms in total. The Balaban J connectivity index is 2.53. The first kappa shape index (κ1) is 10.2. The quantitative estimate of drug-likeness (QED) is 0.640. The van der Waals surface area contributed by atoms with Crippen LogP contribution in [0.2, 0.25) is 0 Å². The number of hydrogen-bond acceptors (Lipinski definition) is 5. The number of nitrogens with zero attached hydrogens (tertiary/aromatic N) is 2. The lowest BCUT2D eigenvalue weighted by Gasteiger charge is -1.95. The molecular formula is C9H7N3OS2. The van der Waals surface area contributed by atoms with Crippen molar-refractivity contribution in [3.63, 3.8) is 0 Å². The zero-order valence-electron chi connectivity index (χ0n) is 7.90. The lowest BCUT2D eigenvalue weighted by atomic mass is 10.4. The minimum atomic E-state index is -0.134. The maximum Gasteiger partial charge on any atom is 0.260 e. The van der Waals surface area contributed by atoms with E-state index >= 15 is 0 Å². The minimum absolute atomic E-state index is 0.134. The highest BCUT2D eigenvalue weighted by Gasteiger charge is 2.06. The third kappa shape index (κ3) is 2.03. The van der Waals surface area contributed by atoms with Crippen molar-refractivity contribution in [2.75, 3.05) is 5.75 Å². The van der Waals surface area contributed by atoms with Crippen LogP contribution >= 0.6 is 23.1 Å². The summed E-state index contributed by atoms with van der Waals surface area (Å²) >= 11 is 2.72. The van der Waals surface area contributed by atoms with Gasteiger partial charge in [0.1, 0.15) is 4.83 Å². The summed E-state index contributed by atoms with van der Waals surface area (Å²) < 4.78 is 0. The fraction of sp³-hybridized carbons (Fsp3) is 0.222. The molecule has 0 radical (unpaired) electrons. The van der Waals surface area contributed by atoms with E-state index in [0.29, 0.717) is 16.3 Å². The van der Waals surface area contributed by atoms with Crippen molar-refractivity contribution in [1.82, 2.24) is 9.97 Å². The molecule has 0 aromatic carbocycles. The van der Waals surface area contributed by atoms with Gasteiger partial charge in [-0.25, -0.2) is 4.98 Å². The molecule has 0 fully saturated rings. The van der Waals surface area contributed by atoms with E-state index in [1.54, 1.807) is 0 Å². The molecule has 2 rings (SSSR count). The number of aromatic nitrogens is 2. The zero-order valence-corrected chi connectivity index (χ0v) is 9.54. The van der Waals surface area contributed by atoms with Gasteiger partial charge in [0.25, 0.3) is 5.56 Å². The molecule has 0 saturated carbocycles. The van der Waals surface area contributed by atoms with E-state index in [0.717, 1.165) is 9.71 Å². The highest BCUT2D eigenvalue weighted by molar-refractivity contribution is 7.99. The second-order valence-electron chi connectivity index (χ2n) is 2.89. The number of aromatic amines is 1. The second kappa shape index (κ2) is 4.04. The molecule has 6 heteroatoms. The number of hydrogen-bond donors (Lipinski definition) is 1. The molecule has 0 aliphatic heterocycles. The molecule has 0 amide bonds. The summed E-state index contributed by atoms with van der Waals surface area (Å²) in [5.41, 5.74) is -0.134. The standard InChI is InChI=1S/C9H7N3OS2/c1-5-4-6-7(13)11-9(14-3-2-10)12-8(6)15-5/h4H,3H2,1H3,(H,11,12,13). The summed E-state index contributed by atoms with van der Waals surface area (Å²) in [6, 6.07) is 3.82. The molecule has 2 aromatic rings. The first-order valence-electron chi connectivity index (χ1n) is 4.21. The molecular weight excluding hydrogens is 230 g/mol. The van der Waals surface area contributed by atoms with Crippen LogP contribution in [0.1, 0.15) is 4.88 Å². The van der Waals surface area contributed by atoms with E-state index in [4.69, 9.17) is 5.26 Å². The zero-order chi connectivity index (χ0) is 10.8. The molecule has 0 saturated heterocycles. The summed E-state index contributed by atoms with van der Waals surface area (Å²) in [4.78, 5) is 20.3. The van der Waals surface area contributed by atoms with Crippen LogP contribution in [0.4, 0.5) is 0 Å². The fourth-order valence-electron chi connectivity index (χ4n) is 1.20. The van der Waals surface area contributed by atoms with Crippen molar-refractivity contribution < 1.29 is 0 Å². The Bertz CT molecular complexity index is 593. The SMILES string of the molecule is Cc1cc2c(=O)[nH]c(SCC#N)nc2s1. The second-order valence-corrected chi connectivity index (χ2v) is 5.09. The Morgan fingerprint density at radius 1 is 1.73 bits per heavy atom. The highest BCUT2D eigenvalue weighted by atomic mass is 32.2. The van der Waals surface area contributed by atoms with Gasteiger partial charge in [-0.05, 0) is 13.0 Å². The lowest BCUT2D eigenvalue weighted by Crippen LogP contribution is -2.07. The molecule has 0 aliphatic carbocycles. The Hall–Kier alpha value is -1.32. The van der Waals surface area contributed by atoms with Crippen LogP contribution in [0.25, 0.3) is 10.2 Å². The van der Waals surface area contributed by atoms with Crippen molar-refractivity contribution in [2.45, 2.75) is 12.1 Å². The molecule has 0 bridgehead atoms. The number of H-pyrrole nitrogens is 1. The topological polar surface area (TPSA) is 69.5 Å². The van der Waals surface area contributed by atoms with Crippen molar-refractivity contribution >= 4 is 33.3 Å². The van der Waals surface area contributed by atoms with E-state index in [2.05, 4.69) is 9.97 Å². The molecule has 76 valence electrons. The van der Waals surface area contributed by atoms with E-state index in [-0.39, 0.29) is 5.56 Å². The normalized spacial score (nSPS) is 10.4. The predicted molar refractivity (Wildman–Crippen MR) is 61.3 cm³/mol. The maximum atomic E-state index is 11.6. The van der Waals surface area contributed by atoms with Crippen molar-refractivity contribution in [1.29, 1.82) is 5.26 Å². The van der Waals surface area contributed by atoms with E-state index < -0.39 is 0 Å².